The summed E-state index contributed by atoms with van der Waals surface area (Å²) in [5.74, 6) is 1.12. The van der Waals surface area contributed by atoms with Gasteiger partial charge in [0.05, 0.1) is 6.61 Å². The van der Waals surface area contributed by atoms with Gasteiger partial charge in [-0.25, -0.2) is 9.97 Å². The molecule has 26 heavy (non-hydrogen) atoms. The van der Waals surface area contributed by atoms with Crippen LogP contribution in [0.3, 0.4) is 0 Å². The van der Waals surface area contributed by atoms with Gasteiger partial charge in [-0.05, 0) is 23.3 Å². The van der Waals surface area contributed by atoms with E-state index in [1.807, 2.05) is 11.0 Å². The predicted molar refractivity (Wildman–Crippen MR) is 90.2 cm³/mol. The number of rotatable bonds is 3. The number of piperazine rings is 1. The van der Waals surface area contributed by atoms with Gasteiger partial charge in [-0.2, -0.15) is 13.2 Å². The fourth-order valence-electron chi connectivity index (χ4n) is 3.36. The molecule has 5 nitrogen and oxygen atoms in total. The number of anilines is 1. The summed E-state index contributed by atoms with van der Waals surface area (Å²) in [6.07, 6.45) is -2.33. The standard InChI is InChI=1S/C18H19F3N4O/c19-18(20,21)16-3-5-22-17(23-16)25-8-6-24(7-9-25)12-13-1-2-15-14(11-13)4-10-26-15/h1-3,5,11H,4,6-10,12H2. The van der Waals surface area contributed by atoms with Crippen LogP contribution < -0.4 is 9.64 Å². The molecule has 0 radical (unpaired) electrons. The summed E-state index contributed by atoms with van der Waals surface area (Å²) in [4.78, 5) is 11.8. The van der Waals surface area contributed by atoms with Crippen LogP contribution >= 0.6 is 0 Å². The molecular weight excluding hydrogens is 345 g/mol. The highest BCUT2D eigenvalue weighted by Gasteiger charge is 2.33. The maximum Gasteiger partial charge on any atom is 0.433 e. The smallest absolute Gasteiger partial charge is 0.433 e. The third-order valence-corrected chi connectivity index (χ3v) is 4.75. The van der Waals surface area contributed by atoms with E-state index in [2.05, 4.69) is 27.0 Å². The van der Waals surface area contributed by atoms with Crippen molar-refractivity contribution in [2.45, 2.75) is 19.1 Å². The van der Waals surface area contributed by atoms with Gasteiger partial charge in [-0.3, -0.25) is 4.90 Å². The van der Waals surface area contributed by atoms with Crippen LogP contribution in [0.1, 0.15) is 16.8 Å². The molecule has 0 unspecified atom stereocenters. The van der Waals surface area contributed by atoms with Crippen LogP contribution in [0, 0.1) is 0 Å². The molecule has 1 aromatic heterocycles. The maximum atomic E-state index is 12.8. The molecule has 2 aliphatic rings. The van der Waals surface area contributed by atoms with Gasteiger partial charge >= 0.3 is 6.18 Å². The van der Waals surface area contributed by atoms with Crippen molar-refractivity contribution in [1.29, 1.82) is 0 Å². The summed E-state index contributed by atoms with van der Waals surface area (Å²) in [7, 11) is 0. The first kappa shape index (κ1) is 17.1. The number of fused-ring (bicyclic) bond motifs is 1. The van der Waals surface area contributed by atoms with E-state index in [1.54, 1.807) is 0 Å². The predicted octanol–water partition coefficient (Wildman–Crippen LogP) is 2.75. The number of alkyl halides is 3. The lowest BCUT2D eigenvalue weighted by Crippen LogP contribution is -2.46. The molecule has 4 rings (SSSR count). The molecule has 1 saturated heterocycles. The van der Waals surface area contributed by atoms with Crippen LogP contribution in [0.2, 0.25) is 0 Å². The van der Waals surface area contributed by atoms with Crippen molar-refractivity contribution in [3.63, 3.8) is 0 Å². The first-order chi connectivity index (χ1) is 12.5. The molecular formula is C18H19F3N4O. The largest absolute Gasteiger partial charge is 0.493 e. The summed E-state index contributed by atoms with van der Waals surface area (Å²) in [6, 6.07) is 7.18. The van der Waals surface area contributed by atoms with Crippen LogP contribution in [-0.2, 0) is 19.1 Å². The number of aromatic nitrogens is 2. The second-order valence-electron chi connectivity index (χ2n) is 6.54. The summed E-state index contributed by atoms with van der Waals surface area (Å²) in [5.41, 5.74) is 1.59. The average molecular weight is 364 g/mol. The second-order valence-corrected chi connectivity index (χ2v) is 6.54. The fraction of sp³-hybridized carbons (Fsp3) is 0.444. The Labute approximate surface area is 149 Å². The molecule has 3 heterocycles. The molecule has 0 N–H and O–H groups in total. The second kappa shape index (κ2) is 6.75. The lowest BCUT2D eigenvalue weighted by molar-refractivity contribution is -0.141. The van der Waals surface area contributed by atoms with E-state index in [0.717, 1.165) is 44.5 Å². The minimum Gasteiger partial charge on any atom is -0.493 e. The molecule has 0 spiro atoms. The summed E-state index contributed by atoms with van der Waals surface area (Å²) < 4.78 is 44.0. The third-order valence-electron chi connectivity index (χ3n) is 4.75. The van der Waals surface area contributed by atoms with Gasteiger partial charge in [0.25, 0.3) is 0 Å². The van der Waals surface area contributed by atoms with Crippen molar-refractivity contribution < 1.29 is 17.9 Å². The number of hydrogen-bond donors (Lipinski definition) is 0. The Morgan fingerprint density at radius 3 is 2.65 bits per heavy atom. The zero-order chi connectivity index (χ0) is 18.1. The van der Waals surface area contributed by atoms with Gasteiger partial charge < -0.3 is 9.64 Å². The molecule has 0 amide bonds. The first-order valence-corrected chi connectivity index (χ1v) is 8.61. The van der Waals surface area contributed by atoms with E-state index >= 15 is 0 Å². The molecule has 8 heteroatoms. The minimum atomic E-state index is -4.45. The van der Waals surface area contributed by atoms with Gasteiger partial charge in [0, 0.05) is 45.3 Å². The van der Waals surface area contributed by atoms with Crippen molar-refractivity contribution in [1.82, 2.24) is 14.9 Å². The highest BCUT2D eigenvalue weighted by atomic mass is 19.4. The van der Waals surface area contributed by atoms with Crippen LogP contribution in [0.4, 0.5) is 19.1 Å². The number of halogens is 3. The molecule has 1 aromatic carbocycles. The summed E-state index contributed by atoms with van der Waals surface area (Å²) in [5, 5.41) is 0. The van der Waals surface area contributed by atoms with E-state index in [4.69, 9.17) is 4.74 Å². The summed E-state index contributed by atoms with van der Waals surface area (Å²) >= 11 is 0. The molecule has 0 bridgehead atoms. The number of ether oxygens (including phenoxy) is 1. The monoisotopic (exact) mass is 364 g/mol. The SMILES string of the molecule is FC(F)(F)c1ccnc(N2CCN(Cc3ccc4c(c3)CCO4)CC2)n1. The van der Waals surface area contributed by atoms with Crippen molar-refractivity contribution in [3.05, 3.63) is 47.3 Å². The quantitative estimate of drug-likeness (QED) is 0.838. The van der Waals surface area contributed by atoms with E-state index in [1.165, 1.54) is 17.3 Å². The fourth-order valence-corrected chi connectivity index (χ4v) is 3.36. The first-order valence-electron chi connectivity index (χ1n) is 8.61. The lowest BCUT2D eigenvalue weighted by Gasteiger charge is -2.34. The molecule has 1 fully saturated rings. The lowest BCUT2D eigenvalue weighted by atomic mass is 10.1. The van der Waals surface area contributed by atoms with Crippen molar-refractivity contribution in [2.75, 3.05) is 37.7 Å². The molecule has 138 valence electrons. The molecule has 0 atom stereocenters. The topological polar surface area (TPSA) is 41.5 Å². The van der Waals surface area contributed by atoms with Crippen LogP contribution in [0.5, 0.6) is 5.75 Å². The van der Waals surface area contributed by atoms with E-state index in [9.17, 15) is 13.2 Å². The maximum absolute atomic E-state index is 12.8. The Hall–Kier alpha value is -2.35. The van der Waals surface area contributed by atoms with Gasteiger partial charge in [0.2, 0.25) is 5.95 Å². The van der Waals surface area contributed by atoms with Gasteiger partial charge in [0.1, 0.15) is 11.4 Å². The van der Waals surface area contributed by atoms with Crippen LogP contribution in [0.15, 0.2) is 30.5 Å². The Morgan fingerprint density at radius 1 is 1.08 bits per heavy atom. The Kier molecular flexibility index (Phi) is 4.44. The number of nitrogens with zero attached hydrogens (tertiary/aromatic N) is 4. The molecule has 2 aliphatic heterocycles. The van der Waals surface area contributed by atoms with Gasteiger partial charge in [0.15, 0.2) is 0 Å². The Bertz CT molecular complexity index is 788. The normalized spacial score (nSPS) is 17.9. The van der Waals surface area contributed by atoms with Crippen LogP contribution in [-0.4, -0.2) is 47.7 Å². The van der Waals surface area contributed by atoms with Crippen molar-refractivity contribution in [2.24, 2.45) is 0 Å². The summed E-state index contributed by atoms with van der Waals surface area (Å²) in [6.45, 7) is 4.30. The van der Waals surface area contributed by atoms with Gasteiger partial charge in [-0.15, -0.1) is 0 Å². The zero-order valence-electron chi connectivity index (χ0n) is 14.2. The van der Waals surface area contributed by atoms with E-state index in [-0.39, 0.29) is 5.95 Å². The number of hydrogen-bond acceptors (Lipinski definition) is 5. The van der Waals surface area contributed by atoms with E-state index < -0.39 is 11.9 Å². The van der Waals surface area contributed by atoms with Crippen LogP contribution in [0.25, 0.3) is 0 Å². The molecule has 0 saturated carbocycles. The van der Waals surface area contributed by atoms with E-state index in [0.29, 0.717) is 13.1 Å². The third kappa shape index (κ3) is 3.60. The van der Waals surface area contributed by atoms with Crippen molar-refractivity contribution >= 4 is 5.95 Å². The molecule has 2 aromatic rings. The van der Waals surface area contributed by atoms with Crippen molar-refractivity contribution in [3.8, 4) is 5.75 Å². The Balaban J connectivity index is 1.37. The average Bonchev–Trinajstić information content (AvgIpc) is 3.10. The molecule has 0 aliphatic carbocycles. The highest BCUT2D eigenvalue weighted by molar-refractivity contribution is 5.40. The highest BCUT2D eigenvalue weighted by Crippen LogP contribution is 2.29. The minimum absolute atomic E-state index is 0.147. The Morgan fingerprint density at radius 2 is 1.88 bits per heavy atom. The number of benzene rings is 1. The zero-order valence-corrected chi connectivity index (χ0v) is 14.2. The van der Waals surface area contributed by atoms with Gasteiger partial charge in [-0.1, -0.05) is 12.1 Å².